The van der Waals surface area contributed by atoms with E-state index < -0.39 is 10.0 Å². The summed E-state index contributed by atoms with van der Waals surface area (Å²) in [4.78, 5) is 6.47. The number of nitrogens with one attached hydrogen (secondary N) is 1. The highest BCUT2D eigenvalue weighted by molar-refractivity contribution is 7.89. The summed E-state index contributed by atoms with van der Waals surface area (Å²) in [6.45, 7) is 0.515. The van der Waals surface area contributed by atoms with E-state index >= 15 is 0 Å². The second-order valence-electron chi connectivity index (χ2n) is 1.93. The minimum Gasteiger partial charge on any atom is -0.382 e. The van der Waals surface area contributed by atoms with E-state index in [4.69, 9.17) is 11.6 Å². The number of hydrogen-bond acceptors (Lipinski definition) is 4. The van der Waals surface area contributed by atoms with Crippen LogP contribution < -0.4 is 4.89 Å². The number of hydrogen-bond donors (Lipinski definition) is 1. The van der Waals surface area contributed by atoms with Gasteiger partial charge in [-0.05, 0) is 0 Å². The fourth-order valence-corrected chi connectivity index (χ4v) is 1.56. The number of sulfonamides is 1. The van der Waals surface area contributed by atoms with Crippen LogP contribution in [0.15, 0.2) is 0 Å². The monoisotopic (exact) mass is 217 g/mol. The van der Waals surface area contributed by atoms with Crippen LogP contribution in [0.25, 0.3) is 0 Å². The molecule has 0 fully saturated rings. The highest BCUT2D eigenvalue weighted by Gasteiger charge is 2.07. The molecule has 74 valence electrons. The third-order valence-corrected chi connectivity index (χ3v) is 2.45. The molecule has 0 aliphatic carbocycles. The van der Waals surface area contributed by atoms with E-state index in [-0.39, 0.29) is 18.2 Å². The van der Waals surface area contributed by atoms with Crippen LogP contribution in [0, 0.1) is 0 Å². The zero-order valence-corrected chi connectivity index (χ0v) is 8.32. The number of alkyl halides is 1. The Morgan fingerprint density at radius 1 is 1.42 bits per heavy atom. The molecule has 0 unspecified atom stereocenters. The van der Waals surface area contributed by atoms with E-state index in [0.29, 0.717) is 6.61 Å². The van der Waals surface area contributed by atoms with Gasteiger partial charge in [-0.25, -0.2) is 8.42 Å². The van der Waals surface area contributed by atoms with Gasteiger partial charge in [0.2, 0.25) is 10.0 Å². The Morgan fingerprint density at radius 2 is 2.08 bits per heavy atom. The van der Waals surface area contributed by atoms with E-state index in [1.54, 1.807) is 0 Å². The van der Waals surface area contributed by atoms with Gasteiger partial charge in [0.1, 0.15) is 0 Å². The van der Waals surface area contributed by atoms with Crippen molar-refractivity contribution in [1.29, 1.82) is 0 Å². The van der Waals surface area contributed by atoms with Crippen molar-refractivity contribution < 1.29 is 18.0 Å². The minimum absolute atomic E-state index is 0.0446. The topological polar surface area (TPSA) is 64.6 Å². The summed E-state index contributed by atoms with van der Waals surface area (Å²) >= 11 is 5.23. The van der Waals surface area contributed by atoms with E-state index in [0.717, 1.165) is 0 Å². The molecule has 0 bridgehead atoms. The lowest BCUT2D eigenvalue weighted by atomic mass is 10.8. The standard InChI is InChI=1S/C5H12ClNO4S/c1-10-3-4-11-7-12(8,9)5-2-6/h7H,2-5H2,1H3. The van der Waals surface area contributed by atoms with Crippen molar-refractivity contribution in [1.82, 2.24) is 4.89 Å². The summed E-state index contributed by atoms with van der Waals surface area (Å²) in [6, 6.07) is 0. The van der Waals surface area contributed by atoms with Gasteiger partial charge in [0.25, 0.3) is 0 Å². The number of halogens is 1. The molecule has 0 aliphatic heterocycles. The van der Waals surface area contributed by atoms with Gasteiger partial charge in [-0.2, -0.15) is 0 Å². The fraction of sp³-hybridized carbons (Fsp3) is 1.00. The Labute approximate surface area is 77.0 Å². The summed E-state index contributed by atoms with van der Waals surface area (Å²) in [6.07, 6.45) is 0. The van der Waals surface area contributed by atoms with Crippen molar-refractivity contribution in [2.75, 3.05) is 32.0 Å². The Balaban J connectivity index is 3.48. The van der Waals surface area contributed by atoms with Crippen LogP contribution in [-0.2, 0) is 19.6 Å². The van der Waals surface area contributed by atoms with Crippen molar-refractivity contribution in [2.24, 2.45) is 0 Å². The molecule has 0 saturated carbocycles. The Kier molecular flexibility index (Phi) is 6.68. The van der Waals surface area contributed by atoms with Gasteiger partial charge in [-0.15, -0.1) is 11.6 Å². The third kappa shape index (κ3) is 6.81. The molecule has 5 nitrogen and oxygen atoms in total. The predicted octanol–water partition coefficient (Wildman–Crippen LogP) is -0.277. The molecule has 7 heteroatoms. The van der Waals surface area contributed by atoms with Gasteiger partial charge in [0.15, 0.2) is 0 Å². The Morgan fingerprint density at radius 3 is 2.58 bits per heavy atom. The van der Waals surface area contributed by atoms with Crippen LogP contribution in [0.2, 0.25) is 0 Å². The van der Waals surface area contributed by atoms with Crippen LogP contribution in [-0.4, -0.2) is 40.4 Å². The number of ether oxygens (including phenoxy) is 1. The smallest absolute Gasteiger partial charge is 0.234 e. The SMILES string of the molecule is COCCONS(=O)(=O)CCCl. The van der Waals surface area contributed by atoms with Crippen LogP contribution in [0.3, 0.4) is 0 Å². The molecule has 0 heterocycles. The quantitative estimate of drug-likeness (QED) is 0.362. The molecule has 0 aliphatic rings. The van der Waals surface area contributed by atoms with Crippen LogP contribution >= 0.6 is 11.6 Å². The molecule has 0 aromatic heterocycles. The first-order chi connectivity index (χ1) is 5.62. The molecule has 0 spiro atoms. The minimum atomic E-state index is -3.37. The molecule has 0 saturated heterocycles. The van der Waals surface area contributed by atoms with Crippen molar-refractivity contribution >= 4 is 21.6 Å². The normalized spacial score (nSPS) is 11.8. The first-order valence-corrected chi connectivity index (χ1v) is 5.47. The van der Waals surface area contributed by atoms with Gasteiger partial charge in [-0.1, -0.05) is 4.89 Å². The lowest BCUT2D eigenvalue weighted by Gasteiger charge is -2.04. The van der Waals surface area contributed by atoms with Crippen molar-refractivity contribution in [3.05, 3.63) is 0 Å². The maximum atomic E-state index is 10.8. The largest absolute Gasteiger partial charge is 0.382 e. The Bertz CT molecular complexity index is 194. The number of methoxy groups -OCH3 is 1. The molecule has 0 amide bonds. The molecule has 12 heavy (non-hydrogen) atoms. The average Bonchev–Trinajstić information content (AvgIpc) is 1.98. The molecule has 0 radical (unpaired) electrons. The predicted molar refractivity (Wildman–Crippen MR) is 45.5 cm³/mol. The van der Waals surface area contributed by atoms with Crippen molar-refractivity contribution in [2.45, 2.75) is 0 Å². The summed E-state index contributed by atoms with van der Waals surface area (Å²) in [5, 5.41) is 0. The molecular formula is C5H12ClNO4S. The summed E-state index contributed by atoms with van der Waals surface area (Å²) in [5.74, 6) is -0.107. The van der Waals surface area contributed by atoms with Gasteiger partial charge >= 0.3 is 0 Å². The highest BCUT2D eigenvalue weighted by atomic mass is 35.5. The zero-order valence-electron chi connectivity index (χ0n) is 6.75. The van der Waals surface area contributed by atoms with Crippen LogP contribution in [0.4, 0.5) is 0 Å². The maximum Gasteiger partial charge on any atom is 0.234 e. The van der Waals surface area contributed by atoms with E-state index in [1.807, 2.05) is 4.89 Å². The fourth-order valence-electron chi connectivity index (χ4n) is 0.400. The zero-order chi connectivity index (χ0) is 9.45. The van der Waals surface area contributed by atoms with Crippen LogP contribution in [0.5, 0.6) is 0 Å². The van der Waals surface area contributed by atoms with Crippen molar-refractivity contribution in [3.63, 3.8) is 0 Å². The Hall–Kier alpha value is 0.120. The summed E-state index contributed by atoms with van der Waals surface area (Å²) < 4.78 is 26.3. The van der Waals surface area contributed by atoms with Gasteiger partial charge < -0.3 is 4.74 Å². The van der Waals surface area contributed by atoms with Gasteiger partial charge in [0, 0.05) is 13.0 Å². The lowest BCUT2D eigenvalue weighted by molar-refractivity contribution is 0.0439. The highest BCUT2D eigenvalue weighted by Crippen LogP contribution is 1.86. The first-order valence-electron chi connectivity index (χ1n) is 3.28. The molecule has 0 aromatic carbocycles. The third-order valence-electron chi connectivity index (χ3n) is 0.921. The average molecular weight is 218 g/mol. The summed E-state index contributed by atoms with van der Waals surface area (Å²) in [7, 11) is -1.88. The van der Waals surface area contributed by atoms with E-state index in [2.05, 4.69) is 9.57 Å². The van der Waals surface area contributed by atoms with E-state index in [1.165, 1.54) is 7.11 Å². The maximum absolute atomic E-state index is 10.8. The summed E-state index contributed by atoms with van der Waals surface area (Å²) in [5.41, 5.74) is 0. The second kappa shape index (κ2) is 6.62. The molecule has 0 rings (SSSR count). The molecule has 0 aromatic rings. The van der Waals surface area contributed by atoms with E-state index in [9.17, 15) is 8.42 Å². The van der Waals surface area contributed by atoms with Gasteiger partial charge in [0.05, 0.1) is 19.0 Å². The first kappa shape index (κ1) is 12.1. The molecule has 1 N–H and O–H groups in total. The van der Waals surface area contributed by atoms with Crippen molar-refractivity contribution in [3.8, 4) is 0 Å². The van der Waals surface area contributed by atoms with Crippen LogP contribution in [0.1, 0.15) is 0 Å². The second-order valence-corrected chi connectivity index (χ2v) is 4.11. The molecular weight excluding hydrogens is 206 g/mol. The number of rotatable bonds is 7. The molecule has 0 atom stereocenters. The van der Waals surface area contributed by atoms with Gasteiger partial charge in [-0.3, -0.25) is 4.84 Å². The lowest BCUT2D eigenvalue weighted by Crippen LogP contribution is -2.28.